The maximum Gasteiger partial charge on any atom is 0.244 e. The molecule has 0 fully saturated rings. The summed E-state index contributed by atoms with van der Waals surface area (Å²) in [5.74, 6) is -0.0418. The molecule has 2 aromatic carbocycles. The largest absolute Gasteiger partial charge is 0.490 e. The lowest BCUT2D eigenvalue weighted by Gasteiger charge is -2.12. The van der Waals surface area contributed by atoms with Gasteiger partial charge in [-0.05, 0) is 55.2 Å². The van der Waals surface area contributed by atoms with Crippen molar-refractivity contribution in [3.05, 3.63) is 64.7 Å². The lowest BCUT2D eigenvalue weighted by atomic mass is 10.1. The van der Waals surface area contributed by atoms with Gasteiger partial charge in [0.05, 0.1) is 6.61 Å². The highest BCUT2D eigenvalue weighted by atomic mass is 32.2. The van der Waals surface area contributed by atoms with Gasteiger partial charge in [0.1, 0.15) is 17.3 Å². The first-order chi connectivity index (χ1) is 14.2. The molecule has 0 heterocycles. The number of amides is 1. The average molecular weight is 433 g/mol. The quantitative estimate of drug-likeness (QED) is 0.443. The minimum Gasteiger partial charge on any atom is -0.490 e. The predicted octanol–water partition coefficient (Wildman–Crippen LogP) is 2.35. The van der Waals surface area contributed by atoms with Gasteiger partial charge in [0.2, 0.25) is 15.9 Å². The van der Waals surface area contributed by atoms with Crippen LogP contribution in [0.5, 0.6) is 5.75 Å². The fraction of sp³-hybridized carbons (Fsp3) is 0.318. The lowest BCUT2D eigenvalue weighted by Crippen LogP contribution is -2.23. The third-order valence-electron chi connectivity index (χ3n) is 4.41. The van der Waals surface area contributed by atoms with Gasteiger partial charge >= 0.3 is 0 Å². The average Bonchev–Trinajstić information content (AvgIpc) is 2.67. The van der Waals surface area contributed by atoms with E-state index in [1.807, 2.05) is 26.0 Å². The number of rotatable bonds is 10. The van der Waals surface area contributed by atoms with Crippen molar-refractivity contribution < 1.29 is 22.7 Å². The van der Waals surface area contributed by atoms with E-state index >= 15 is 0 Å². The summed E-state index contributed by atoms with van der Waals surface area (Å²) in [6.07, 6.45) is 3.71. The van der Waals surface area contributed by atoms with Crippen LogP contribution >= 0.6 is 0 Å². The Balaban J connectivity index is 1.96. The Labute approximate surface area is 177 Å². The van der Waals surface area contributed by atoms with Crippen LogP contribution in [-0.2, 0) is 26.0 Å². The van der Waals surface area contributed by atoms with Crippen LogP contribution in [0.25, 0.3) is 6.08 Å². The Hall–Kier alpha value is -2.68. The van der Waals surface area contributed by atoms with Crippen LogP contribution in [-0.4, -0.2) is 41.2 Å². The second-order valence-electron chi connectivity index (χ2n) is 6.90. The molecule has 0 aliphatic heterocycles. The molecular formula is C22H28N2O5S. The van der Waals surface area contributed by atoms with Gasteiger partial charge in [0.15, 0.2) is 0 Å². The number of primary sulfonamides is 1. The number of ether oxygens (including phenoxy) is 2. The molecule has 3 N–H and O–H groups in total. The molecule has 7 nitrogen and oxygen atoms in total. The molecule has 2 aromatic rings. The smallest absolute Gasteiger partial charge is 0.244 e. The fourth-order valence-electron chi connectivity index (χ4n) is 2.85. The molecule has 162 valence electrons. The van der Waals surface area contributed by atoms with Crippen molar-refractivity contribution in [2.75, 3.05) is 26.9 Å². The third-order valence-corrected chi connectivity index (χ3v) is 5.34. The van der Waals surface area contributed by atoms with E-state index in [0.717, 1.165) is 16.7 Å². The molecule has 2 rings (SSSR count). The molecule has 0 saturated heterocycles. The van der Waals surface area contributed by atoms with Gasteiger partial charge in [0, 0.05) is 19.7 Å². The Morgan fingerprint density at radius 3 is 2.57 bits per heavy atom. The Bertz CT molecular complexity index is 1020. The van der Waals surface area contributed by atoms with E-state index in [1.165, 1.54) is 24.8 Å². The summed E-state index contributed by atoms with van der Waals surface area (Å²) in [7, 11) is -2.42. The van der Waals surface area contributed by atoms with Gasteiger partial charge in [0.25, 0.3) is 0 Å². The first-order valence-electron chi connectivity index (χ1n) is 9.51. The van der Waals surface area contributed by atoms with Crippen molar-refractivity contribution in [3.63, 3.8) is 0 Å². The monoisotopic (exact) mass is 432 g/mol. The summed E-state index contributed by atoms with van der Waals surface area (Å²) in [6.45, 7) is 4.90. The molecule has 30 heavy (non-hydrogen) atoms. The van der Waals surface area contributed by atoms with Crippen LogP contribution in [0.3, 0.4) is 0 Å². The van der Waals surface area contributed by atoms with Crippen molar-refractivity contribution >= 4 is 22.0 Å². The van der Waals surface area contributed by atoms with E-state index in [2.05, 4.69) is 11.4 Å². The number of methoxy groups -OCH3 is 1. The Kier molecular flexibility index (Phi) is 8.58. The SMILES string of the molecule is COCCOc1ccc(CCNC(=O)C=Cc2ccc(C)cc2C)cc1S(N)(=O)=O. The van der Waals surface area contributed by atoms with Crippen molar-refractivity contribution in [1.29, 1.82) is 0 Å². The Morgan fingerprint density at radius 1 is 1.13 bits per heavy atom. The summed E-state index contributed by atoms with van der Waals surface area (Å²) in [5.41, 5.74) is 3.97. The molecule has 0 aromatic heterocycles. The number of aryl methyl sites for hydroxylation is 2. The van der Waals surface area contributed by atoms with Crippen LogP contribution in [0.1, 0.15) is 22.3 Å². The summed E-state index contributed by atoms with van der Waals surface area (Å²) in [5, 5.41) is 8.10. The van der Waals surface area contributed by atoms with Crippen LogP contribution in [0, 0.1) is 13.8 Å². The highest BCUT2D eigenvalue weighted by Crippen LogP contribution is 2.24. The van der Waals surface area contributed by atoms with E-state index < -0.39 is 10.0 Å². The third kappa shape index (κ3) is 7.29. The minimum absolute atomic E-state index is 0.0860. The summed E-state index contributed by atoms with van der Waals surface area (Å²) < 4.78 is 34.1. The first-order valence-corrected chi connectivity index (χ1v) is 11.1. The summed E-state index contributed by atoms with van der Waals surface area (Å²) >= 11 is 0. The van der Waals surface area contributed by atoms with E-state index in [1.54, 1.807) is 18.2 Å². The van der Waals surface area contributed by atoms with Crippen LogP contribution in [0.15, 0.2) is 47.4 Å². The molecule has 1 amide bonds. The summed E-state index contributed by atoms with van der Waals surface area (Å²) in [4.78, 5) is 12.0. The highest BCUT2D eigenvalue weighted by Gasteiger charge is 2.16. The molecule has 0 radical (unpaired) electrons. The summed E-state index contributed by atoms with van der Waals surface area (Å²) in [6, 6.07) is 10.8. The number of nitrogens with one attached hydrogen (secondary N) is 1. The maximum absolute atomic E-state index is 12.1. The van der Waals surface area contributed by atoms with Crippen molar-refractivity contribution in [2.24, 2.45) is 5.14 Å². The van der Waals surface area contributed by atoms with Gasteiger partial charge in [-0.3, -0.25) is 4.79 Å². The number of carbonyl (C=O) groups is 1. The second-order valence-corrected chi connectivity index (χ2v) is 8.43. The number of sulfonamides is 1. The zero-order valence-corrected chi connectivity index (χ0v) is 18.3. The van der Waals surface area contributed by atoms with Crippen molar-refractivity contribution in [3.8, 4) is 5.75 Å². The molecule has 0 spiro atoms. The van der Waals surface area contributed by atoms with Crippen LogP contribution in [0.4, 0.5) is 0 Å². The molecule has 0 unspecified atom stereocenters. The van der Waals surface area contributed by atoms with Crippen LogP contribution < -0.4 is 15.2 Å². The van der Waals surface area contributed by atoms with E-state index in [-0.39, 0.29) is 23.2 Å². The molecule has 8 heteroatoms. The number of benzene rings is 2. The molecule has 0 aliphatic carbocycles. The van der Waals surface area contributed by atoms with E-state index in [0.29, 0.717) is 19.6 Å². The highest BCUT2D eigenvalue weighted by molar-refractivity contribution is 7.89. The van der Waals surface area contributed by atoms with E-state index in [4.69, 9.17) is 14.6 Å². The van der Waals surface area contributed by atoms with Gasteiger partial charge in [-0.15, -0.1) is 0 Å². The standard InChI is InChI=1S/C22H28N2O5S/c1-16-4-6-19(17(2)14-16)7-9-22(25)24-11-10-18-5-8-20(29-13-12-28-3)21(15-18)30(23,26)27/h4-9,14-15H,10-13H2,1-3H3,(H,24,25)(H2,23,26,27). The molecule has 0 aliphatic rings. The van der Waals surface area contributed by atoms with Gasteiger partial charge in [-0.1, -0.05) is 29.8 Å². The lowest BCUT2D eigenvalue weighted by molar-refractivity contribution is -0.116. The minimum atomic E-state index is -3.95. The number of hydrogen-bond acceptors (Lipinski definition) is 5. The maximum atomic E-state index is 12.1. The molecule has 0 saturated carbocycles. The van der Waals surface area contributed by atoms with Gasteiger partial charge < -0.3 is 14.8 Å². The molecular weight excluding hydrogens is 404 g/mol. The Morgan fingerprint density at radius 2 is 1.90 bits per heavy atom. The zero-order chi connectivity index (χ0) is 22.1. The van der Waals surface area contributed by atoms with Crippen molar-refractivity contribution in [1.82, 2.24) is 5.32 Å². The second kappa shape index (κ2) is 10.9. The normalized spacial score (nSPS) is 11.6. The number of hydrogen-bond donors (Lipinski definition) is 2. The predicted molar refractivity (Wildman–Crippen MR) is 117 cm³/mol. The van der Waals surface area contributed by atoms with E-state index in [9.17, 15) is 13.2 Å². The topological polar surface area (TPSA) is 108 Å². The first kappa shape index (κ1) is 23.6. The van der Waals surface area contributed by atoms with Crippen LogP contribution in [0.2, 0.25) is 0 Å². The number of carbonyl (C=O) groups excluding carboxylic acids is 1. The fourth-order valence-corrected chi connectivity index (χ4v) is 3.57. The zero-order valence-electron chi connectivity index (χ0n) is 17.5. The van der Waals surface area contributed by atoms with Gasteiger partial charge in [-0.25, -0.2) is 13.6 Å². The molecule has 0 bridgehead atoms. The van der Waals surface area contributed by atoms with Gasteiger partial charge in [-0.2, -0.15) is 0 Å². The molecule has 0 atom stereocenters. The number of nitrogens with two attached hydrogens (primary N) is 1. The van der Waals surface area contributed by atoms with Crippen molar-refractivity contribution in [2.45, 2.75) is 25.2 Å².